The number of aliphatic hydroxyl groups is 1. The van der Waals surface area contributed by atoms with E-state index in [0.29, 0.717) is 24.8 Å². The number of carbonyl (C=O) groups excluding carboxylic acids is 6. The Hall–Kier alpha value is -5.04. The summed E-state index contributed by atoms with van der Waals surface area (Å²) in [5.41, 5.74) is 1.42. The van der Waals surface area contributed by atoms with Crippen molar-refractivity contribution in [1.29, 1.82) is 0 Å². The van der Waals surface area contributed by atoms with Crippen molar-refractivity contribution in [2.75, 3.05) is 6.54 Å². The number of aliphatic hydroxyl groups excluding tert-OH is 1. The molecule has 1 fully saturated rings. The highest BCUT2D eigenvalue weighted by atomic mass is 16.6. The fourth-order valence-electron chi connectivity index (χ4n) is 7.44. The van der Waals surface area contributed by atoms with Crippen molar-refractivity contribution in [3.05, 3.63) is 77.4 Å². The molecule has 0 aromatic heterocycles. The first-order chi connectivity index (χ1) is 27.7. The lowest BCUT2D eigenvalue weighted by Crippen LogP contribution is -2.59. The Morgan fingerprint density at radius 1 is 0.897 bits per heavy atom. The Morgan fingerprint density at radius 3 is 2.33 bits per heavy atom. The summed E-state index contributed by atoms with van der Waals surface area (Å²) < 4.78 is 5.52. The summed E-state index contributed by atoms with van der Waals surface area (Å²) in [6.45, 7) is 6.42. The van der Waals surface area contributed by atoms with Gasteiger partial charge in [-0.25, -0.2) is 4.79 Å². The number of carbonyl (C=O) groups is 6. The number of esters is 1. The zero-order valence-corrected chi connectivity index (χ0v) is 34.5. The van der Waals surface area contributed by atoms with Gasteiger partial charge >= 0.3 is 5.97 Å². The van der Waals surface area contributed by atoms with Gasteiger partial charge < -0.3 is 36.4 Å². The zero-order chi connectivity index (χ0) is 42.1. The Bertz CT molecular complexity index is 1720. The van der Waals surface area contributed by atoms with Crippen molar-refractivity contribution in [3.63, 3.8) is 0 Å². The van der Waals surface area contributed by atoms with Gasteiger partial charge in [0.2, 0.25) is 23.6 Å². The van der Waals surface area contributed by atoms with E-state index in [1.165, 1.54) is 0 Å². The van der Waals surface area contributed by atoms with Gasteiger partial charge in [-0.1, -0.05) is 106 Å². The first kappa shape index (κ1) is 45.7. The van der Waals surface area contributed by atoms with E-state index >= 15 is 0 Å². The SMILES string of the molecule is CCCC(NC(=O)C1Cc2cccc(c2)/C=C\CCCCCC(=O)NC(C2CCCCC2)C(=O)N1)C(O)C(=O)NCC(=O)NC(C(=O)OC(C)(C)C)c1ccccc1. The molecule has 5 amide bonds. The predicted molar refractivity (Wildman–Crippen MR) is 222 cm³/mol. The fraction of sp³-hybridized carbons (Fsp3) is 0.556. The van der Waals surface area contributed by atoms with Crippen LogP contribution in [0.3, 0.4) is 0 Å². The summed E-state index contributed by atoms with van der Waals surface area (Å²) in [7, 11) is 0. The number of ether oxygens (including phenoxy) is 1. The maximum absolute atomic E-state index is 14.2. The standard InChI is InChI=1S/C45H63N5O8/c1-5-18-34(40(53)43(56)46-29-37(52)50-39(33-24-14-10-15-25-33)44(57)58-45(2,3)4)47-41(54)35-28-31-21-17-20-30(27-31)19-11-7-6-8-16-26-36(51)49-38(42(55)48-35)32-22-12-9-13-23-32/h10-11,14-15,17,19-21,24-25,27,32,34-35,38-40,53H,5-9,12-13,16,18,22-23,26,28-29H2,1-4H3,(H,46,56)(H,47,54)(H,48,55)(H,49,51)(H,50,52)/b19-11-. The highest BCUT2D eigenvalue weighted by molar-refractivity contribution is 5.93. The fourth-order valence-corrected chi connectivity index (χ4v) is 7.44. The molecule has 13 heteroatoms. The van der Waals surface area contributed by atoms with Crippen molar-refractivity contribution < 1.29 is 38.6 Å². The number of fused-ring (bicyclic) bond motifs is 2. The lowest BCUT2D eigenvalue weighted by atomic mass is 9.83. The Labute approximate surface area is 342 Å². The number of allylic oxidation sites excluding steroid dienone is 1. The van der Waals surface area contributed by atoms with Gasteiger partial charge in [0.05, 0.1) is 12.6 Å². The minimum Gasteiger partial charge on any atom is -0.458 e. The van der Waals surface area contributed by atoms with Crippen LogP contribution in [0.5, 0.6) is 0 Å². The van der Waals surface area contributed by atoms with Gasteiger partial charge in [0.15, 0.2) is 12.1 Å². The largest absolute Gasteiger partial charge is 0.458 e. The van der Waals surface area contributed by atoms with Crippen LogP contribution < -0.4 is 26.6 Å². The van der Waals surface area contributed by atoms with Crippen LogP contribution in [0.1, 0.15) is 127 Å². The molecule has 1 heterocycles. The van der Waals surface area contributed by atoms with E-state index in [1.54, 1.807) is 51.1 Å². The molecule has 6 N–H and O–H groups in total. The Kier molecular flexibility index (Phi) is 17.9. The molecule has 2 aromatic carbocycles. The number of hydrogen-bond acceptors (Lipinski definition) is 8. The number of hydrogen-bond donors (Lipinski definition) is 6. The van der Waals surface area contributed by atoms with Crippen LogP contribution in [0.25, 0.3) is 6.08 Å². The van der Waals surface area contributed by atoms with Gasteiger partial charge in [0.25, 0.3) is 5.91 Å². The summed E-state index contributed by atoms with van der Waals surface area (Å²) in [6.07, 6.45) is 11.4. The zero-order valence-electron chi connectivity index (χ0n) is 34.5. The van der Waals surface area contributed by atoms with Crippen LogP contribution in [-0.2, 0) is 39.9 Å². The van der Waals surface area contributed by atoms with Crippen LogP contribution >= 0.6 is 0 Å². The molecule has 5 atom stereocenters. The van der Waals surface area contributed by atoms with Crippen LogP contribution in [-0.4, -0.2) is 77.0 Å². The second-order valence-electron chi connectivity index (χ2n) is 16.5. The van der Waals surface area contributed by atoms with Gasteiger partial charge in [-0.2, -0.15) is 0 Å². The lowest BCUT2D eigenvalue weighted by molar-refractivity contribution is -0.158. The van der Waals surface area contributed by atoms with Gasteiger partial charge in [-0.15, -0.1) is 0 Å². The summed E-state index contributed by atoms with van der Waals surface area (Å²) in [4.78, 5) is 80.9. The normalized spacial score (nSPS) is 20.8. The van der Waals surface area contributed by atoms with Crippen LogP contribution in [0.15, 0.2) is 60.7 Å². The van der Waals surface area contributed by atoms with E-state index in [4.69, 9.17) is 4.74 Å². The van der Waals surface area contributed by atoms with E-state index in [9.17, 15) is 33.9 Å². The molecule has 0 spiro atoms. The molecule has 316 valence electrons. The van der Waals surface area contributed by atoms with Crippen molar-refractivity contribution >= 4 is 41.6 Å². The molecule has 13 nitrogen and oxygen atoms in total. The predicted octanol–water partition coefficient (Wildman–Crippen LogP) is 4.72. The Morgan fingerprint density at radius 2 is 1.62 bits per heavy atom. The second-order valence-corrected chi connectivity index (χ2v) is 16.5. The summed E-state index contributed by atoms with van der Waals surface area (Å²) in [5.74, 6) is -3.59. The minimum atomic E-state index is -1.75. The van der Waals surface area contributed by atoms with Crippen molar-refractivity contribution in [1.82, 2.24) is 26.6 Å². The molecule has 2 aromatic rings. The molecule has 1 aliphatic heterocycles. The van der Waals surface area contributed by atoms with E-state index in [-0.39, 0.29) is 24.7 Å². The highest BCUT2D eigenvalue weighted by Gasteiger charge is 2.36. The number of rotatable bonds is 12. The molecule has 5 unspecified atom stereocenters. The smallest absolute Gasteiger partial charge is 0.333 e. The number of benzene rings is 2. The second kappa shape index (κ2) is 22.8. The van der Waals surface area contributed by atoms with Crippen molar-refractivity contribution in [3.8, 4) is 0 Å². The molecule has 4 rings (SSSR count). The van der Waals surface area contributed by atoms with Crippen molar-refractivity contribution in [2.45, 2.75) is 147 Å². The van der Waals surface area contributed by atoms with Crippen molar-refractivity contribution in [2.24, 2.45) is 5.92 Å². The van der Waals surface area contributed by atoms with Crippen LogP contribution in [0.4, 0.5) is 0 Å². The lowest BCUT2D eigenvalue weighted by Gasteiger charge is -2.32. The van der Waals surface area contributed by atoms with Gasteiger partial charge in [0.1, 0.15) is 17.7 Å². The third-order valence-electron chi connectivity index (χ3n) is 10.4. The van der Waals surface area contributed by atoms with E-state index in [2.05, 4.69) is 32.7 Å². The highest BCUT2D eigenvalue weighted by Crippen LogP contribution is 2.27. The minimum absolute atomic E-state index is 0.0707. The molecular weight excluding hydrogens is 739 g/mol. The van der Waals surface area contributed by atoms with E-state index in [1.807, 2.05) is 37.3 Å². The summed E-state index contributed by atoms with van der Waals surface area (Å²) in [6, 6.07) is 12.1. The average molecular weight is 802 g/mol. The number of nitrogens with one attached hydrogen (secondary N) is 5. The average Bonchev–Trinajstić information content (AvgIpc) is 3.19. The molecule has 1 aliphatic carbocycles. The summed E-state index contributed by atoms with van der Waals surface area (Å²) >= 11 is 0. The molecule has 1 saturated carbocycles. The molecule has 2 aliphatic rings. The quantitative estimate of drug-likeness (QED) is 0.166. The third kappa shape index (κ3) is 15.0. The molecule has 2 bridgehead atoms. The number of amides is 5. The maximum atomic E-state index is 14.2. The van der Waals surface area contributed by atoms with Gasteiger partial charge in [-0.05, 0) is 81.9 Å². The van der Waals surface area contributed by atoms with Crippen LogP contribution in [0, 0.1) is 5.92 Å². The van der Waals surface area contributed by atoms with E-state index < -0.39 is 72.0 Å². The monoisotopic (exact) mass is 801 g/mol. The van der Waals surface area contributed by atoms with Gasteiger partial charge in [-0.3, -0.25) is 24.0 Å². The third-order valence-corrected chi connectivity index (χ3v) is 10.4. The maximum Gasteiger partial charge on any atom is 0.333 e. The molecule has 0 saturated heterocycles. The molecular formula is C45H63N5O8. The molecule has 0 radical (unpaired) electrons. The van der Waals surface area contributed by atoms with E-state index in [0.717, 1.165) is 62.5 Å². The van der Waals surface area contributed by atoms with Crippen LogP contribution in [0.2, 0.25) is 0 Å². The topological polar surface area (TPSA) is 192 Å². The molecule has 58 heavy (non-hydrogen) atoms. The Balaban J connectivity index is 1.50. The van der Waals surface area contributed by atoms with Gasteiger partial charge in [0, 0.05) is 12.8 Å². The summed E-state index contributed by atoms with van der Waals surface area (Å²) in [5, 5.41) is 25.0. The first-order valence-corrected chi connectivity index (χ1v) is 20.9. The first-order valence-electron chi connectivity index (χ1n) is 20.9.